The average Bonchev–Trinajstić information content (AvgIpc) is 2.76. The summed E-state index contributed by atoms with van der Waals surface area (Å²) in [6.07, 6.45) is 3.34. The smallest absolute Gasteiger partial charge is 0.136 e. The van der Waals surface area contributed by atoms with Crippen molar-refractivity contribution in [3.8, 4) is 5.75 Å². The summed E-state index contributed by atoms with van der Waals surface area (Å²) in [7, 11) is 5.91. The molecule has 0 unspecified atom stereocenters. The summed E-state index contributed by atoms with van der Waals surface area (Å²) in [6.45, 7) is 2.10. The average molecular weight is 257 g/mol. The van der Waals surface area contributed by atoms with E-state index in [1.807, 2.05) is 18.2 Å². The Balaban J connectivity index is 2.07. The third-order valence-corrected chi connectivity index (χ3v) is 3.79. The van der Waals surface area contributed by atoms with Crippen LogP contribution in [0.25, 0.3) is 16.6 Å². The van der Waals surface area contributed by atoms with E-state index < -0.39 is 0 Å². The molecule has 100 valence electrons. The van der Waals surface area contributed by atoms with E-state index in [0.717, 1.165) is 42.1 Å². The van der Waals surface area contributed by atoms with Crippen LogP contribution in [0.2, 0.25) is 0 Å². The van der Waals surface area contributed by atoms with Gasteiger partial charge in [-0.1, -0.05) is 6.08 Å². The zero-order valence-corrected chi connectivity index (χ0v) is 11.7. The quantitative estimate of drug-likeness (QED) is 0.827. The lowest BCUT2D eigenvalue weighted by Crippen LogP contribution is -2.24. The predicted molar refractivity (Wildman–Crippen MR) is 77.4 cm³/mol. The Kier molecular flexibility index (Phi) is 3.03. The molecule has 3 rings (SSSR count). The highest BCUT2D eigenvalue weighted by Crippen LogP contribution is 2.26. The van der Waals surface area contributed by atoms with Gasteiger partial charge in [0.15, 0.2) is 0 Å². The first-order valence-corrected chi connectivity index (χ1v) is 6.57. The second-order valence-corrected chi connectivity index (χ2v) is 5.09. The topological polar surface area (TPSA) is 30.3 Å². The molecule has 1 aliphatic rings. The second kappa shape index (κ2) is 4.70. The number of ether oxygens (including phenoxy) is 1. The summed E-state index contributed by atoms with van der Waals surface area (Å²) in [4.78, 5) is 7.07. The van der Waals surface area contributed by atoms with Crippen molar-refractivity contribution < 1.29 is 4.74 Å². The van der Waals surface area contributed by atoms with E-state index in [-0.39, 0.29) is 0 Å². The zero-order chi connectivity index (χ0) is 13.4. The highest BCUT2D eigenvalue weighted by Gasteiger charge is 2.16. The Morgan fingerprint density at radius 2 is 2.11 bits per heavy atom. The summed E-state index contributed by atoms with van der Waals surface area (Å²) in [5.74, 6) is 1.95. The maximum atomic E-state index is 5.28. The van der Waals surface area contributed by atoms with Crippen LogP contribution in [0.4, 0.5) is 0 Å². The van der Waals surface area contributed by atoms with E-state index >= 15 is 0 Å². The van der Waals surface area contributed by atoms with Gasteiger partial charge in [0.1, 0.15) is 11.6 Å². The number of aromatic nitrogens is 2. The molecule has 0 amide bonds. The van der Waals surface area contributed by atoms with Crippen molar-refractivity contribution in [1.29, 1.82) is 0 Å². The van der Waals surface area contributed by atoms with Gasteiger partial charge >= 0.3 is 0 Å². The fraction of sp³-hybridized carbons (Fsp3) is 0.400. The largest absolute Gasteiger partial charge is 0.497 e. The minimum atomic E-state index is 0.874. The van der Waals surface area contributed by atoms with Crippen LogP contribution < -0.4 is 4.74 Å². The van der Waals surface area contributed by atoms with Crippen molar-refractivity contribution >= 4 is 16.6 Å². The molecule has 1 aromatic carbocycles. The molecule has 19 heavy (non-hydrogen) atoms. The van der Waals surface area contributed by atoms with E-state index in [1.54, 1.807) is 7.11 Å². The van der Waals surface area contributed by atoms with Crippen molar-refractivity contribution in [2.24, 2.45) is 7.05 Å². The molecule has 0 atom stereocenters. The van der Waals surface area contributed by atoms with Crippen LogP contribution in [-0.2, 0) is 7.05 Å². The maximum Gasteiger partial charge on any atom is 0.136 e. The number of rotatable bonds is 2. The number of imidazole rings is 1. The van der Waals surface area contributed by atoms with E-state index in [4.69, 9.17) is 9.72 Å². The maximum absolute atomic E-state index is 5.28. The summed E-state index contributed by atoms with van der Waals surface area (Å²) in [5.41, 5.74) is 3.49. The number of benzene rings is 1. The Hall–Kier alpha value is -1.81. The van der Waals surface area contributed by atoms with Crippen LogP contribution in [0.5, 0.6) is 5.75 Å². The first-order valence-electron chi connectivity index (χ1n) is 6.57. The molecule has 4 heteroatoms. The minimum Gasteiger partial charge on any atom is -0.497 e. The molecule has 0 saturated heterocycles. The first-order chi connectivity index (χ1) is 9.19. The van der Waals surface area contributed by atoms with Gasteiger partial charge in [0, 0.05) is 26.2 Å². The summed E-state index contributed by atoms with van der Waals surface area (Å²) < 4.78 is 7.45. The number of hydrogen-bond donors (Lipinski definition) is 0. The summed E-state index contributed by atoms with van der Waals surface area (Å²) in [5, 5.41) is 0. The van der Waals surface area contributed by atoms with Crippen LogP contribution in [0.3, 0.4) is 0 Å². The number of aryl methyl sites for hydroxylation is 1. The van der Waals surface area contributed by atoms with Gasteiger partial charge < -0.3 is 14.2 Å². The van der Waals surface area contributed by atoms with Crippen molar-refractivity contribution in [2.75, 3.05) is 27.2 Å². The van der Waals surface area contributed by atoms with Gasteiger partial charge in [0.2, 0.25) is 0 Å². The van der Waals surface area contributed by atoms with Gasteiger partial charge in [-0.15, -0.1) is 0 Å². The van der Waals surface area contributed by atoms with Gasteiger partial charge in [0.25, 0.3) is 0 Å². The normalized spacial score (nSPS) is 16.7. The Morgan fingerprint density at radius 1 is 1.26 bits per heavy atom. The van der Waals surface area contributed by atoms with Crippen LogP contribution in [-0.4, -0.2) is 41.7 Å². The number of fused-ring (bicyclic) bond motifs is 1. The first kappa shape index (κ1) is 12.2. The second-order valence-electron chi connectivity index (χ2n) is 5.09. The number of nitrogens with zero attached hydrogens (tertiary/aromatic N) is 3. The van der Waals surface area contributed by atoms with Crippen molar-refractivity contribution in [2.45, 2.75) is 6.42 Å². The van der Waals surface area contributed by atoms with E-state index in [1.165, 1.54) is 5.57 Å². The lowest BCUT2D eigenvalue weighted by molar-refractivity contribution is 0.369. The van der Waals surface area contributed by atoms with E-state index in [2.05, 4.69) is 29.6 Å². The molecule has 0 bridgehead atoms. The van der Waals surface area contributed by atoms with E-state index in [0.29, 0.717) is 0 Å². The lowest BCUT2D eigenvalue weighted by Gasteiger charge is -2.21. The van der Waals surface area contributed by atoms with Gasteiger partial charge in [-0.05, 0) is 31.2 Å². The molecule has 1 aromatic heterocycles. The predicted octanol–water partition coefficient (Wildman–Crippen LogP) is 2.30. The van der Waals surface area contributed by atoms with Crippen LogP contribution >= 0.6 is 0 Å². The zero-order valence-electron chi connectivity index (χ0n) is 11.7. The molecule has 4 nitrogen and oxygen atoms in total. The van der Waals surface area contributed by atoms with Crippen molar-refractivity contribution in [3.05, 3.63) is 30.1 Å². The molecule has 0 N–H and O–H groups in total. The van der Waals surface area contributed by atoms with Gasteiger partial charge in [-0.3, -0.25) is 0 Å². The third kappa shape index (κ3) is 2.12. The highest BCUT2D eigenvalue weighted by molar-refractivity contribution is 5.81. The fourth-order valence-electron chi connectivity index (χ4n) is 2.56. The Morgan fingerprint density at radius 3 is 2.79 bits per heavy atom. The van der Waals surface area contributed by atoms with Crippen molar-refractivity contribution in [3.63, 3.8) is 0 Å². The molecule has 2 heterocycles. The number of methoxy groups -OCH3 is 1. The van der Waals surface area contributed by atoms with Crippen LogP contribution in [0, 0.1) is 0 Å². The molecule has 0 radical (unpaired) electrons. The summed E-state index contributed by atoms with van der Waals surface area (Å²) in [6, 6.07) is 6.02. The van der Waals surface area contributed by atoms with Gasteiger partial charge in [-0.2, -0.15) is 0 Å². The standard InChI is InChI=1S/C15H19N3O/c1-17-8-6-11(7-9-17)15-16-13-5-4-12(19-3)10-14(13)18(15)2/h4-6,10H,7-9H2,1-3H3. The minimum absolute atomic E-state index is 0.874. The molecule has 0 spiro atoms. The molecular formula is C15H19N3O. The molecule has 1 aliphatic heterocycles. The van der Waals surface area contributed by atoms with Gasteiger partial charge in [0.05, 0.1) is 18.1 Å². The summed E-state index contributed by atoms with van der Waals surface area (Å²) >= 11 is 0. The SMILES string of the molecule is COc1ccc2nc(C3=CCN(C)CC3)n(C)c2c1. The third-order valence-electron chi connectivity index (χ3n) is 3.79. The highest BCUT2D eigenvalue weighted by atomic mass is 16.5. The molecular weight excluding hydrogens is 238 g/mol. The van der Waals surface area contributed by atoms with Crippen molar-refractivity contribution in [1.82, 2.24) is 14.5 Å². The molecule has 0 saturated carbocycles. The van der Waals surface area contributed by atoms with Crippen LogP contribution in [0.1, 0.15) is 12.2 Å². The Labute approximate surface area is 113 Å². The molecule has 0 fully saturated rings. The van der Waals surface area contributed by atoms with E-state index in [9.17, 15) is 0 Å². The molecule has 2 aromatic rings. The lowest BCUT2D eigenvalue weighted by atomic mass is 10.1. The van der Waals surface area contributed by atoms with Gasteiger partial charge in [-0.25, -0.2) is 4.98 Å². The fourth-order valence-corrected chi connectivity index (χ4v) is 2.56. The monoisotopic (exact) mass is 257 g/mol. The number of hydrogen-bond acceptors (Lipinski definition) is 3. The Bertz CT molecular complexity index is 642. The van der Waals surface area contributed by atoms with Crippen LogP contribution in [0.15, 0.2) is 24.3 Å². The molecule has 0 aliphatic carbocycles. The number of likely N-dealkylation sites (N-methyl/N-ethyl adjacent to an activating group) is 1.